The van der Waals surface area contributed by atoms with Crippen LogP contribution >= 0.6 is 0 Å². The summed E-state index contributed by atoms with van der Waals surface area (Å²) in [5.74, 6) is 0. The first-order chi connectivity index (χ1) is 8.23. The van der Waals surface area contributed by atoms with Crippen molar-refractivity contribution in [3.63, 3.8) is 0 Å². The van der Waals surface area contributed by atoms with Crippen LogP contribution in [0.15, 0.2) is 18.2 Å². The van der Waals surface area contributed by atoms with E-state index in [1.165, 1.54) is 37.7 Å². The fourth-order valence-electron chi connectivity index (χ4n) is 3.83. The molecule has 0 saturated heterocycles. The minimum Gasteiger partial charge on any atom is -0.205 e. The normalized spacial score (nSPS) is 22.1. The minimum atomic E-state index is -2.32. The Morgan fingerprint density at radius 1 is 1.00 bits per heavy atom. The highest BCUT2D eigenvalue weighted by Gasteiger charge is 2.40. The molecule has 0 N–H and O–H groups in total. The van der Waals surface area contributed by atoms with Gasteiger partial charge in [0.1, 0.15) is 0 Å². The van der Waals surface area contributed by atoms with Crippen LogP contribution in [0.3, 0.4) is 0 Å². The first kappa shape index (κ1) is 11.2. The van der Waals surface area contributed by atoms with E-state index in [-0.39, 0.29) is 11.0 Å². The van der Waals surface area contributed by atoms with Crippen LogP contribution < -0.4 is 0 Å². The third kappa shape index (κ3) is 1.69. The highest BCUT2D eigenvalue weighted by Crippen LogP contribution is 2.50. The summed E-state index contributed by atoms with van der Waals surface area (Å²) in [6, 6.07) is 5.52. The van der Waals surface area contributed by atoms with Crippen molar-refractivity contribution in [1.29, 1.82) is 0 Å². The molecule has 1 saturated carbocycles. The molecule has 0 amide bonds. The van der Waals surface area contributed by atoms with Gasteiger partial charge in [-0.1, -0.05) is 37.5 Å². The minimum absolute atomic E-state index is 0.248. The molecule has 92 valence electrons. The molecule has 0 bridgehead atoms. The van der Waals surface area contributed by atoms with Crippen LogP contribution in [0.4, 0.5) is 8.78 Å². The van der Waals surface area contributed by atoms with Gasteiger partial charge < -0.3 is 0 Å². The van der Waals surface area contributed by atoms with Crippen molar-refractivity contribution in [2.75, 3.05) is 0 Å². The molecule has 0 aromatic heterocycles. The van der Waals surface area contributed by atoms with Gasteiger partial charge in [-0.15, -0.1) is 0 Å². The van der Waals surface area contributed by atoms with Crippen molar-refractivity contribution in [2.24, 2.45) is 0 Å². The predicted octanol–water partition coefficient (Wildman–Crippen LogP) is 4.77. The van der Waals surface area contributed by atoms with E-state index in [9.17, 15) is 8.78 Å². The largest absolute Gasteiger partial charge is 0.264 e. The number of hydrogen-bond donors (Lipinski definition) is 0. The summed E-state index contributed by atoms with van der Waals surface area (Å²) >= 11 is 0. The Kier molecular flexibility index (Phi) is 2.68. The Balaban J connectivity index is 2.05. The average Bonchev–Trinajstić information content (AvgIpc) is 2.69. The highest BCUT2D eigenvalue weighted by atomic mass is 19.3. The van der Waals surface area contributed by atoms with E-state index in [0.717, 1.165) is 18.4 Å². The van der Waals surface area contributed by atoms with Crippen molar-refractivity contribution in [3.8, 4) is 0 Å². The summed E-state index contributed by atoms with van der Waals surface area (Å²) in [7, 11) is 0. The molecule has 0 heterocycles. The summed E-state index contributed by atoms with van der Waals surface area (Å²) in [5.41, 5.74) is 2.74. The molecule has 0 atom stereocenters. The molecule has 17 heavy (non-hydrogen) atoms. The monoisotopic (exact) mass is 236 g/mol. The molecule has 2 heteroatoms. The van der Waals surface area contributed by atoms with Crippen LogP contribution in [0.1, 0.15) is 61.6 Å². The maximum absolute atomic E-state index is 13.0. The second-order valence-electron chi connectivity index (χ2n) is 5.52. The van der Waals surface area contributed by atoms with Crippen molar-refractivity contribution in [1.82, 2.24) is 0 Å². The Morgan fingerprint density at radius 2 is 1.76 bits per heavy atom. The summed E-state index contributed by atoms with van der Waals surface area (Å²) in [6.45, 7) is 0. The van der Waals surface area contributed by atoms with E-state index < -0.39 is 6.43 Å². The van der Waals surface area contributed by atoms with Gasteiger partial charge in [0.05, 0.1) is 0 Å². The van der Waals surface area contributed by atoms with E-state index in [1.54, 1.807) is 6.07 Å². The van der Waals surface area contributed by atoms with E-state index >= 15 is 0 Å². The smallest absolute Gasteiger partial charge is 0.205 e. The molecular weight excluding hydrogens is 218 g/mol. The maximum Gasteiger partial charge on any atom is 0.264 e. The Bertz CT molecular complexity index is 417. The van der Waals surface area contributed by atoms with Crippen LogP contribution in [-0.2, 0) is 11.8 Å². The quantitative estimate of drug-likeness (QED) is 0.658. The molecule has 0 unspecified atom stereocenters. The van der Waals surface area contributed by atoms with Gasteiger partial charge >= 0.3 is 0 Å². The fraction of sp³-hybridized carbons (Fsp3) is 0.600. The van der Waals surface area contributed by atoms with Gasteiger partial charge in [-0.2, -0.15) is 0 Å². The first-order valence-corrected chi connectivity index (χ1v) is 6.63. The van der Waals surface area contributed by atoms with Crippen molar-refractivity contribution in [2.45, 2.75) is 56.8 Å². The number of fused-ring (bicyclic) bond motifs is 2. The molecule has 3 rings (SSSR count). The van der Waals surface area contributed by atoms with Crippen LogP contribution in [0, 0.1) is 0 Å². The van der Waals surface area contributed by atoms with Gasteiger partial charge in [0.2, 0.25) is 0 Å². The Labute approximate surface area is 101 Å². The number of alkyl halides is 2. The lowest BCUT2D eigenvalue weighted by molar-refractivity contribution is 0.150. The van der Waals surface area contributed by atoms with E-state index in [4.69, 9.17) is 0 Å². The Morgan fingerprint density at radius 3 is 2.47 bits per heavy atom. The van der Waals surface area contributed by atoms with Crippen LogP contribution in [0.5, 0.6) is 0 Å². The van der Waals surface area contributed by atoms with Gasteiger partial charge in [0.15, 0.2) is 0 Å². The van der Waals surface area contributed by atoms with Crippen LogP contribution in [-0.4, -0.2) is 0 Å². The van der Waals surface area contributed by atoms with E-state index in [0.29, 0.717) is 0 Å². The molecule has 1 fully saturated rings. The zero-order valence-corrected chi connectivity index (χ0v) is 10.0. The maximum atomic E-state index is 13.0. The zero-order valence-electron chi connectivity index (χ0n) is 10.0. The second kappa shape index (κ2) is 4.08. The molecule has 0 aliphatic heterocycles. The molecular formula is C15H18F2. The van der Waals surface area contributed by atoms with Gasteiger partial charge in [0.25, 0.3) is 6.43 Å². The second-order valence-corrected chi connectivity index (χ2v) is 5.52. The lowest BCUT2D eigenvalue weighted by atomic mass is 9.70. The van der Waals surface area contributed by atoms with Gasteiger partial charge in [-0.25, -0.2) is 8.78 Å². The fourth-order valence-corrected chi connectivity index (χ4v) is 3.83. The zero-order chi connectivity index (χ0) is 11.9. The van der Waals surface area contributed by atoms with Crippen LogP contribution in [0.2, 0.25) is 0 Å². The molecule has 1 aromatic carbocycles. The molecule has 1 aromatic rings. The number of halogens is 2. The summed E-state index contributed by atoms with van der Waals surface area (Å²) in [6.07, 6.45) is 5.87. The Hall–Kier alpha value is -0.920. The third-order valence-electron chi connectivity index (χ3n) is 4.68. The van der Waals surface area contributed by atoms with Crippen molar-refractivity contribution in [3.05, 3.63) is 34.9 Å². The van der Waals surface area contributed by atoms with E-state index in [2.05, 4.69) is 6.07 Å². The predicted molar refractivity (Wildman–Crippen MR) is 64.5 cm³/mol. The number of hydrogen-bond acceptors (Lipinski definition) is 0. The third-order valence-corrected chi connectivity index (χ3v) is 4.68. The lowest BCUT2D eigenvalue weighted by Gasteiger charge is -2.34. The number of benzene rings is 1. The summed E-state index contributed by atoms with van der Waals surface area (Å²) < 4.78 is 26.0. The van der Waals surface area contributed by atoms with Gasteiger partial charge in [0, 0.05) is 5.56 Å². The lowest BCUT2D eigenvalue weighted by Crippen LogP contribution is -2.25. The first-order valence-electron chi connectivity index (χ1n) is 6.63. The SMILES string of the molecule is FC(F)c1cccc2c1CCC21CCCCC1. The number of rotatable bonds is 1. The molecule has 2 aliphatic rings. The summed E-state index contributed by atoms with van der Waals surface area (Å²) in [4.78, 5) is 0. The van der Waals surface area contributed by atoms with Gasteiger partial charge in [-0.3, -0.25) is 0 Å². The summed E-state index contributed by atoms with van der Waals surface area (Å²) in [5, 5.41) is 0. The molecule has 1 spiro atoms. The molecule has 0 nitrogen and oxygen atoms in total. The molecule has 2 aliphatic carbocycles. The average molecular weight is 236 g/mol. The molecule has 0 radical (unpaired) electrons. The van der Waals surface area contributed by atoms with E-state index in [1.807, 2.05) is 6.07 Å². The standard InChI is InChI=1S/C15H18F2/c16-14(17)12-5-4-6-13-11(12)7-10-15(13)8-2-1-3-9-15/h4-6,14H,1-3,7-10H2. The van der Waals surface area contributed by atoms with Crippen LogP contribution in [0.25, 0.3) is 0 Å². The van der Waals surface area contributed by atoms with Crippen molar-refractivity contribution >= 4 is 0 Å². The topological polar surface area (TPSA) is 0 Å². The van der Waals surface area contributed by atoms with Gasteiger partial charge in [-0.05, 0) is 42.2 Å². The van der Waals surface area contributed by atoms with Crippen molar-refractivity contribution < 1.29 is 8.78 Å². The highest BCUT2D eigenvalue weighted by molar-refractivity contribution is 5.45.